The van der Waals surface area contributed by atoms with Gasteiger partial charge in [-0.3, -0.25) is 0 Å². The molecule has 0 spiro atoms. The van der Waals surface area contributed by atoms with Crippen LogP contribution in [-0.4, -0.2) is 0 Å². The summed E-state index contributed by atoms with van der Waals surface area (Å²) >= 11 is 0. The van der Waals surface area contributed by atoms with Crippen LogP contribution in [0.25, 0.3) is 0 Å². The molecule has 0 aromatic rings. The van der Waals surface area contributed by atoms with E-state index in [0.717, 1.165) is 12.8 Å². The van der Waals surface area contributed by atoms with Gasteiger partial charge in [-0.25, -0.2) is 0 Å². The van der Waals surface area contributed by atoms with Crippen LogP contribution in [0.5, 0.6) is 0 Å². The van der Waals surface area contributed by atoms with Crippen molar-refractivity contribution in [1.82, 2.24) is 0 Å². The van der Waals surface area contributed by atoms with Crippen molar-refractivity contribution in [2.24, 2.45) is 5.41 Å². The fourth-order valence-corrected chi connectivity index (χ4v) is 0.700. The molecule has 0 aromatic heterocycles. The Morgan fingerprint density at radius 3 is 1.44 bits per heavy atom. The van der Waals surface area contributed by atoms with Crippen molar-refractivity contribution in [2.75, 3.05) is 0 Å². The molecule has 0 atom stereocenters. The Morgan fingerprint density at radius 2 is 1.44 bits per heavy atom. The van der Waals surface area contributed by atoms with Crippen LogP contribution in [0, 0.1) is 30.1 Å². The van der Waals surface area contributed by atoms with E-state index in [0.29, 0.717) is 0 Å². The highest BCUT2D eigenvalue weighted by molar-refractivity contribution is 5.20. The summed E-state index contributed by atoms with van der Waals surface area (Å²) in [7, 11) is 0. The smallest absolute Gasteiger partial charge is 0.0908 e. The summed E-state index contributed by atoms with van der Waals surface area (Å²) in [6, 6.07) is 0. The molecule has 0 unspecified atom stereocenters. The molecule has 0 aromatic carbocycles. The van der Waals surface area contributed by atoms with E-state index in [2.05, 4.69) is 11.8 Å². The van der Waals surface area contributed by atoms with Crippen LogP contribution >= 0.6 is 0 Å². The Morgan fingerprint density at radius 1 is 1.11 bits per heavy atom. The summed E-state index contributed by atoms with van der Waals surface area (Å²) in [5.41, 5.74) is -0.278. The van der Waals surface area contributed by atoms with Gasteiger partial charge in [0.05, 0.1) is 5.41 Å². The lowest BCUT2D eigenvalue weighted by Gasteiger charge is -2.16. The molecule has 0 nitrogen and oxygen atoms in total. The Kier molecular flexibility index (Phi) is 2.89. The van der Waals surface area contributed by atoms with Crippen LogP contribution in [0.1, 0.15) is 26.7 Å². The Labute approximate surface area is 57.7 Å². The van der Waals surface area contributed by atoms with Crippen molar-refractivity contribution in [3.63, 3.8) is 0 Å². The maximum Gasteiger partial charge on any atom is 0.0908 e. The van der Waals surface area contributed by atoms with Crippen molar-refractivity contribution in [1.29, 1.82) is 0 Å². The molecule has 0 rings (SSSR count). The molecule has 0 bridgehead atoms. The van der Waals surface area contributed by atoms with Gasteiger partial charge in [0.15, 0.2) is 0 Å². The van der Waals surface area contributed by atoms with Crippen LogP contribution in [0.3, 0.4) is 0 Å². The normalized spacial score (nSPS) is 9.78. The summed E-state index contributed by atoms with van der Waals surface area (Å²) in [6.07, 6.45) is 12.2. The topological polar surface area (TPSA) is 0 Å². The largest absolute Gasteiger partial charge is 0.118 e. The van der Waals surface area contributed by atoms with Gasteiger partial charge in [0, 0.05) is 0 Å². The second kappa shape index (κ2) is 3.21. The summed E-state index contributed by atoms with van der Waals surface area (Å²) in [6.45, 7) is 4.03. The third-order valence-corrected chi connectivity index (χ3v) is 1.76. The van der Waals surface area contributed by atoms with Crippen molar-refractivity contribution >= 4 is 0 Å². The van der Waals surface area contributed by atoms with Gasteiger partial charge >= 0.3 is 0 Å². The van der Waals surface area contributed by atoms with E-state index in [1.54, 1.807) is 0 Å². The van der Waals surface area contributed by atoms with Crippen molar-refractivity contribution in [2.45, 2.75) is 26.7 Å². The standard InChI is InChI=1S/C9H12/c1-5-9(6-2,7-3)8-4/h1-2H,7-8H2,3-4H3. The second-order valence-corrected chi connectivity index (χ2v) is 2.08. The maximum atomic E-state index is 5.25. The molecule has 0 saturated heterocycles. The highest BCUT2D eigenvalue weighted by atomic mass is 14.2. The van der Waals surface area contributed by atoms with E-state index < -0.39 is 0 Å². The number of terminal acetylenes is 2. The van der Waals surface area contributed by atoms with Crippen LogP contribution in [0.15, 0.2) is 0 Å². The van der Waals surface area contributed by atoms with E-state index in [-0.39, 0.29) is 5.41 Å². The summed E-state index contributed by atoms with van der Waals surface area (Å²) in [5, 5.41) is 0. The van der Waals surface area contributed by atoms with Gasteiger partial charge in [-0.1, -0.05) is 25.7 Å². The first-order valence-corrected chi connectivity index (χ1v) is 3.20. The van der Waals surface area contributed by atoms with Crippen LogP contribution in [-0.2, 0) is 0 Å². The van der Waals surface area contributed by atoms with Crippen LogP contribution in [0.2, 0.25) is 0 Å². The number of hydrogen-bond donors (Lipinski definition) is 0. The molecule has 0 fully saturated rings. The highest BCUT2D eigenvalue weighted by Crippen LogP contribution is 2.22. The van der Waals surface area contributed by atoms with E-state index in [1.807, 2.05) is 13.8 Å². The summed E-state index contributed by atoms with van der Waals surface area (Å²) in [5.74, 6) is 5.26. The Hall–Kier alpha value is -0.880. The minimum atomic E-state index is -0.278. The zero-order valence-electron chi connectivity index (χ0n) is 6.07. The molecular formula is C9H12. The van der Waals surface area contributed by atoms with Crippen molar-refractivity contribution in [3.8, 4) is 24.7 Å². The van der Waals surface area contributed by atoms with E-state index >= 15 is 0 Å². The van der Waals surface area contributed by atoms with Gasteiger partial charge in [0.1, 0.15) is 0 Å². The first kappa shape index (κ1) is 8.12. The zero-order chi connectivity index (χ0) is 7.33. The van der Waals surface area contributed by atoms with Gasteiger partial charge < -0.3 is 0 Å². The number of hydrogen-bond acceptors (Lipinski definition) is 0. The average Bonchev–Trinajstić information content (AvgIpc) is 1.95. The minimum absolute atomic E-state index is 0.278. The number of rotatable bonds is 2. The molecule has 9 heavy (non-hydrogen) atoms. The maximum absolute atomic E-state index is 5.25. The van der Waals surface area contributed by atoms with Gasteiger partial charge in [0.25, 0.3) is 0 Å². The lowest BCUT2D eigenvalue weighted by atomic mass is 9.85. The molecule has 0 saturated carbocycles. The molecule has 48 valence electrons. The molecule has 0 heteroatoms. The molecule has 0 aliphatic carbocycles. The molecule has 0 aliphatic heterocycles. The Bertz CT molecular complexity index is 132. The van der Waals surface area contributed by atoms with Gasteiger partial charge in [0.2, 0.25) is 0 Å². The van der Waals surface area contributed by atoms with Gasteiger partial charge in [-0.05, 0) is 12.8 Å². The minimum Gasteiger partial charge on any atom is -0.118 e. The lowest BCUT2D eigenvalue weighted by molar-refractivity contribution is 0.499. The zero-order valence-corrected chi connectivity index (χ0v) is 6.07. The molecule has 0 radical (unpaired) electrons. The SMILES string of the molecule is C#CC(C#C)(CC)CC. The molecule has 0 heterocycles. The van der Waals surface area contributed by atoms with Gasteiger partial charge in [-0.2, -0.15) is 0 Å². The average molecular weight is 120 g/mol. The fraction of sp³-hybridized carbons (Fsp3) is 0.556. The first-order chi connectivity index (χ1) is 4.24. The molecular weight excluding hydrogens is 108 g/mol. The fourth-order valence-electron chi connectivity index (χ4n) is 0.700. The predicted octanol–water partition coefficient (Wildman–Crippen LogP) is 2.06. The quantitative estimate of drug-likeness (QED) is 0.489. The monoisotopic (exact) mass is 120 g/mol. The van der Waals surface area contributed by atoms with Crippen LogP contribution < -0.4 is 0 Å². The van der Waals surface area contributed by atoms with Crippen molar-refractivity contribution in [3.05, 3.63) is 0 Å². The third-order valence-electron chi connectivity index (χ3n) is 1.76. The van der Waals surface area contributed by atoms with E-state index in [4.69, 9.17) is 12.8 Å². The highest BCUT2D eigenvalue weighted by Gasteiger charge is 2.18. The van der Waals surface area contributed by atoms with Gasteiger partial charge in [-0.15, -0.1) is 12.8 Å². The molecule has 0 N–H and O–H groups in total. The van der Waals surface area contributed by atoms with Crippen molar-refractivity contribution < 1.29 is 0 Å². The van der Waals surface area contributed by atoms with E-state index in [9.17, 15) is 0 Å². The lowest BCUT2D eigenvalue weighted by Crippen LogP contribution is -2.12. The predicted molar refractivity (Wildman–Crippen MR) is 40.7 cm³/mol. The van der Waals surface area contributed by atoms with E-state index in [1.165, 1.54) is 0 Å². The van der Waals surface area contributed by atoms with Crippen LogP contribution in [0.4, 0.5) is 0 Å². The molecule has 0 aliphatic rings. The second-order valence-electron chi connectivity index (χ2n) is 2.08. The molecule has 0 amide bonds. The summed E-state index contributed by atoms with van der Waals surface area (Å²) in [4.78, 5) is 0. The summed E-state index contributed by atoms with van der Waals surface area (Å²) < 4.78 is 0. The first-order valence-electron chi connectivity index (χ1n) is 3.20. The Balaban J connectivity index is 4.28. The third kappa shape index (κ3) is 1.51.